The van der Waals surface area contributed by atoms with E-state index in [1.165, 1.54) is 10.9 Å². The van der Waals surface area contributed by atoms with Gasteiger partial charge in [0.05, 0.1) is 58.2 Å². The molecule has 0 aliphatic carbocycles. The quantitative estimate of drug-likeness (QED) is 0.513. The van der Waals surface area contributed by atoms with Crippen LogP contribution in [0.15, 0.2) is 54.7 Å². The zero-order valence-electron chi connectivity index (χ0n) is 22.0. The van der Waals surface area contributed by atoms with Crippen LogP contribution in [0.25, 0.3) is 23.1 Å². The number of ether oxygens (including phenoxy) is 6. The molecular weight excluding hydrogens is 484 g/mol. The number of hydrogen-bond donors (Lipinski definition) is 1. The van der Waals surface area contributed by atoms with E-state index in [4.69, 9.17) is 34.2 Å². The average molecular weight is 524 g/mol. The van der Waals surface area contributed by atoms with Crippen LogP contribution in [0, 0.1) is 0 Å². The summed E-state index contributed by atoms with van der Waals surface area (Å²) in [6.07, 6.45) is 7.31. The van der Waals surface area contributed by atoms with Gasteiger partial charge in [-0.1, -0.05) is 30.4 Å². The van der Waals surface area contributed by atoms with Gasteiger partial charge in [-0.05, 0) is 35.9 Å². The molecule has 2 aromatic carbocycles. The maximum absolute atomic E-state index is 6.05. The van der Waals surface area contributed by atoms with Gasteiger partial charge >= 0.3 is 0 Å². The van der Waals surface area contributed by atoms with Crippen LogP contribution in [0.3, 0.4) is 0 Å². The Kier molecular flexibility index (Phi) is 11.8. The van der Waals surface area contributed by atoms with Crippen LogP contribution in [0.4, 0.5) is 0 Å². The first-order chi connectivity index (χ1) is 18.8. The van der Waals surface area contributed by atoms with Gasteiger partial charge in [0.2, 0.25) is 5.52 Å². The van der Waals surface area contributed by atoms with Crippen molar-refractivity contribution < 1.29 is 33.0 Å². The molecule has 0 fully saturated rings. The van der Waals surface area contributed by atoms with Gasteiger partial charge in [0.25, 0.3) is 0 Å². The van der Waals surface area contributed by atoms with Crippen LogP contribution < -0.4 is 19.8 Å². The van der Waals surface area contributed by atoms with Gasteiger partial charge in [0, 0.05) is 18.6 Å². The third kappa shape index (κ3) is 8.79. The fraction of sp³-hybridized carbons (Fsp3) is 0.433. The van der Waals surface area contributed by atoms with Crippen molar-refractivity contribution in [3.63, 3.8) is 0 Å². The van der Waals surface area contributed by atoms with E-state index in [1.54, 1.807) is 0 Å². The summed E-state index contributed by atoms with van der Waals surface area (Å²) in [5.74, 6) is 1.35. The minimum absolute atomic E-state index is 0.412. The van der Waals surface area contributed by atoms with E-state index < -0.39 is 0 Å². The van der Waals surface area contributed by atoms with Crippen molar-refractivity contribution in [2.24, 2.45) is 5.73 Å². The number of pyridine rings is 1. The second-order valence-electron chi connectivity index (χ2n) is 8.81. The highest BCUT2D eigenvalue weighted by atomic mass is 16.6. The van der Waals surface area contributed by atoms with E-state index in [2.05, 4.69) is 53.2 Å². The fourth-order valence-electron chi connectivity index (χ4n) is 4.14. The second-order valence-corrected chi connectivity index (χ2v) is 8.81. The standard InChI is InChI=1S/C30H39N2O6/c31-11-3-12-32-13-10-26(27-4-1-2-5-28(27)32)8-6-25-7-9-29-30(24-25)38-23-21-36-19-17-34-15-14-33-16-18-35-20-22-37-29/h1-2,4-10,13,24H,3,11-12,14-23,31H2/q+1/b8-6+. The monoisotopic (exact) mass is 523 g/mol. The zero-order chi connectivity index (χ0) is 26.3. The minimum Gasteiger partial charge on any atom is -0.487 e. The van der Waals surface area contributed by atoms with Gasteiger partial charge in [0.15, 0.2) is 17.7 Å². The Morgan fingerprint density at radius 2 is 1.32 bits per heavy atom. The molecule has 0 unspecified atom stereocenters. The van der Waals surface area contributed by atoms with Crippen LogP contribution in [0.1, 0.15) is 17.5 Å². The molecule has 38 heavy (non-hydrogen) atoms. The highest BCUT2D eigenvalue weighted by molar-refractivity contribution is 5.88. The van der Waals surface area contributed by atoms with Gasteiger partial charge in [-0.2, -0.15) is 4.57 Å². The zero-order valence-corrected chi connectivity index (χ0v) is 22.0. The number of para-hydroxylation sites is 1. The average Bonchev–Trinajstić information content (AvgIpc) is 2.95. The normalized spacial score (nSPS) is 16.8. The fourth-order valence-corrected chi connectivity index (χ4v) is 4.14. The molecule has 0 saturated carbocycles. The summed E-state index contributed by atoms with van der Waals surface area (Å²) in [6, 6.07) is 16.6. The summed E-state index contributed by atoms with van der Waals surface area (Å²) in [4.78, 5) is 0. The smallest absolute Gasteiger partial charge is 0.213 e. The second kappa shape index (κ2) is 16.1. The Bertz CT molecular complexity index is 1150. The van der Waals surface area contributed by atoms with E-state index in [-0.39, 0.29) is 0 Å². The lowest BCUT2D eigenvalue weighted by atomic mass is 10.1. The summed E-state index contributed by atoms with van der Waals surface area (Å²) in [6.45, 7) is 6.50. The highest BCUT2D eigenvalue weighted by Gasteiger charge is 2.11. The summed E-state index contributed by atoms with van der Waals surface area (Å²) in [5, 5.41) is 1.20. The van der Waals surface area contributed by atoms with E-state index in [1.807, 2.05) is 18.2 Å². The van der Waals surface area contributed by atoms with Crippen LogP contribution in [0.2, 0.25) is 0 Å². The van der Waals surface area contributed by atoms with Crippen LogP contribution >= 0.6 is 0 Å². The summed E-state index contributed by atoms with van der Waals surface area (Å²) in [7, 11) is 0. The molecule has 3 aromatic rings. The molecule has 4 rings (SSSR count). The number of nitrogens with two attached hydrogens (primary N) is 1. The molecular formula is C30H39N2O6+. The molecule has 0 spiro atoms. The lowest BCUT2D eigenvalue weighted by Gasteiger charge is -2.14. The van der Waals surface area contributed by atoms with Crippen molar-refractivity contribution in [3.05, 3.63) is 65.9 Å². The molecule has 1 aliphatic heterocycles. The van der Waals surface area contributed by atoms with Gasteiger partial charge < -0.3 is 34.2 Å². The predicted molar refractivity (Wildman–Crippen MR) is 147 cm³/mol. The molecule has 0 bridgehead atoms. The molecule has 8 nitrogen and oxygen atoms in total. The summed E-state index contributed by atoms with van der Waals surface area (Å²) in [5.41, 5.74) is 9.09. The molecule has 2 heterocycles. The number of fused-ring (bicyclic) bond motifs is 2. The third-order valence-electron chi connectivity index (χ3n) is 6.07. The molecule has 204 valence electrons. The molecule has 1 aliphatic rings. The maximum atomic E-state index is 6.05. The Morgan fingerprint density at radius 1 is 0.684 bits per heavy atom. The van der Waals surface area contributed by atoms with E-state index >= 15 is 0 Å². The van der Waals surface area contributed by atoms with Crippen molar-refractivity contribution in [3.8, 4) is 11.5 Å². The number of nitrogens with zero attached hydrogens (tertiary/aromatic N) is 1. The molecule has 0 saturated heterocycles. The lowest BCUT2D eigenvalue weighted by molar-refractivity contribution is -0.671. The molecule has 0 radical (unpaired) electrons. The number of aryl methyl sites for hydroxylation is 1. The lowest BCUT2D eigenvalue weighted by Crippen LogP contribution is -2.35. The Balaban J connectivity index is 1.47. The SMILES string of the molecule is NCCC[n+]1ccc(/C=C/c2ccc3c(c2)OCCOCCOCCOCCOCCO3)c2ccccc21. The largest absolute Gasteiger partial charge is 0.487 e. The predicted octanol–water partition coefficient (Wildman–Crippen LogP) is 3.48. The molecule has 0 amide bonds. The van der Waals surface area contributed by atoms with Gasteiger partial charge in [-0.3, -0.25) is 0 Å². The van der Waals surface area contributed by atoms with Crippen LogP contribution in [-0.2, 0) is 25.5 Å². The van der Waals surface area contributed by atoms with Crippen molar-refractivity contribution >= 4 is 23.1 Å². The molecule has 0 atom stereocenters. The third-order valence-corrected chi connectivity index (χ3v) is 6.07. The van der Waals surface area contributed by atoms with Crippen molar-refractivity contribution in [1.82, 2.24) is 0 Å². The number of rotatable bonds is 5. The minimum atomic E-state index is 0.412. The highest BCUT2D eigenvalue weighted by Crippen LogP contribution is 2.29. The summed E-state index contributed by atoms with van der Waals surface area (Å²) >= 11 is 0. The first-order valence-corrected chi connectivity index (χ1v) is 13.3. The number of hydrogen-bond acceptors (Lipinski definition) is 7. The van der Waals surface area contributed by atoms with Gasteiger partial charge in [0.1, 0.15) is 19.8 Å². The van der Waals surface area contributed by atoms with Crippen molar-refractivity contribution in [2.45, 2.75) is 13.0 Å². The maximum Gasteiger partial charge on any atom is 0.213 e. The summed E-state index contributed by atoms with van der Waals surface area (Å²) < 4.78 is 36.5. The van der Waals surface area contributed by atoms with E-state index in [9.17, 15) is 0 Å². The number of benzene rings is 2. The topological polar surface area (TPSA) is 85.3 Å². The molecule has 1 aromatic heterocycles. The number of aromatic nitrogens is 1. The Labute approximate surface area is 224 Å². The van der Waals surface area contributed by atoms with Crippen molar-refractivity contribution in [1.29, 1.82) is 0 Å². The first kappa shape index (κ1) is 28.0. The van der Waals surface area contributed by atoms with Gasteiger partial charge in [-0.25, -0.2) is 0 Å². The van der Waals surface area contributed by atoms with Crippen LogP contribution in [0.5, 0.6) is 11.5 Å². The van der Waals surface area contributed by atoms with Crippen LogP contribution in [-0.4, -0.2) is 72.6 Å². The molecule has 8 heteroatoms. The Hall–Kier alpha value is -3.01. The van der Waals surface area contributed by atoms with Crippen molar-refractivity contribution in [2.75, 3.05) is 72.6 Å². The Morgan fingerprint density at radius 3 is 2.00 bits per heavy atom. The first-order valence-electron chi connectivity index (χ1n) is 13.3. The van der Waals surface area contributed by atoms with E-state index in [0.29, 0.717) is 84.1 Å². The van der Waals surface area contributed by atoms with E-state index in [0.717, 1.165) is 24.1 Å². The van der Waals surface area contributed by atoms with Gasteiger partial charge in [-0.15, -0.1) is 0 Å². The molecule has 2 N–H and O–H groups in total.